The van der Waals surface area contributed by atoms with Crippen molar-refractivity contribution in [3.8, 4) is 22.9 Å². The number of ether oxygens (including phenoxy) is 3. The van der Waals surface area contributed by atoms with E-state index >= 15 is 0 Å². The minimum Gasteiger partial charge on any atom is -0.454 e. The molecule has 2 aliphatic heterocycles. The average molecular weight is 484 g/mol. The molecule has 10 heteroatoms. The SMILES string of the molecule is CCC(C(=O)NCC1(c2ccc3c(c2)OCO3)CCOCC1)n1nnc(-c2ccc(Cl)cc2)n1. The van der Waals surface area contributed by atoms with E-state index in [1.54, 1.807) is 12.1 Å². The Morgan fingerprint density at radius 2 is 1.91 bits per heavy atom. The van der Waals surface area contributed by atoms with Gasteiger partial charge in [-0.2, -0.15) is 4.80 Å². The van der Waals surface area contributed by atoms with Gasteiger partial charge < -0.3 is 19.5 Å². The monoisotopic (exact) mass is 483 g/mol. The van der Waals surface area contributed by atoms with E-state index in [1.807, 2.05) is 31.2 Å². The number of carbonyl (C=O) groups excluding carboxylic acids is 1. The van der Waals surface area contributed by atoms with Gasteiger partial charge in [0, 0.05) is 35.8 Å². The van der Waals surface area contributed by atoms with Crippen LogP contribution in [0.25, 0.3) is 11.4 Å². The van der Waals surface area contributed by atoms with Crippen molar-refractivity contribution in [1.82, 2.24) is 25.5 Å². The van der Waals surface area contributed by atoms with Gasteiger partial charge in [-0.15, -0.1) is 10.2 Å². The molecule has 0 radical (unpaired) electrons. The van der Waals surface area contributed by atoms with Crippen LogP contribution in [-0.4, -0.2) is 52.7 Å². The van der Waals surface area contributed by atoms with Crippen molar-refractivity contribution in [2.75, 3.05) is 26.6 Å². The zero-order valence-electron chi connectivity index (χ0n) is 18.9. The first-order valence-electron chi connectivity index (χ1n) is 11.4. The molecular formula is C24H26ClN5O4. The van der Waals surface area contributed by atoms with Gasteiger partial charge in [-0.1, -0.05) is 24.6 Å². The zero-order chi connectivity index (χ0) is 23.5. The lowest BCUT2D eigenvalue weighted by atomic mass is 9.74. The van der Waals surface area contributed by atoms with Gasteiger partial charge in [0.2, 0.25) is 18.5 Å². The Hall–Kier alpha value is -3.17. The maximum Gasteiger partial charge on any atom is 0.246 e. The van der Waals surface area contributed by atoms with E-state index in [9.17, 15) is 4.79 Å². The quantitative estimate of drug-likeness (QED) is 0.548. The standard InChI is InChI=1S/C24H26ClN5O4/c1-2-19(30-28-22(27-29-30)16-3-6-18(25)7-4-16)23(31)26-14-24(9-11-32-12-10-24)17-5-8-20-21(13-17)34-15-33-20/h3-8,13,19H,2,9-12,14-15H2,1H3,(H,26,31). The third kappa shape index (κ3) is 4.45. The summed E-state index contributed by atoms with van der Waals surface area (Å²) < 4.78 is 16.7. The molecule has 0 spiro atoms. The predicted molar refractivity (Wildman–Crippen MR) is 125 cm³/mol. The molecule has 1 atom stereocenters. The van der Waals surface area contributed by atoms with Crippen molar-refractivity contribution in [2.24, 2.45) is 0 Å². The summed E-state index contributed by atoms with van der Waals surface area (Å²) in [6.45, 7) is 3.90. The molecule has 0 bridgehead atoms. The Bertz CT molecular complexity index is 1160. The Morgan fingerprint density at radius 1 is 1.15 bits per heavy atom. The molecule has 34 heavy (non-hydrogen) atoms. The average Bonchev–Trinajstić information content (AvgIpc) is 3.54. The van der Waals surface area contributed by atoms with Gasteiger partial charge in [0.25, 0.3) is 0 Å². The van der Waals surface area contributed by atoms with Gasteiger partial charge in [-0.05, 0) is 66.4 Å². The second-order valence-corrected chi connectivity index (χ2v) is 8.98. The normalized spacial score (nSPS) is 17.4. The minimum atomic E-state index is -0.567. The van der Waals surface area contributed by atoms with Crippen LogP contribution in [0.2, 0.25) is 5.02 Å². The van der Waals surface area contributed by atoms with Crippen LogP contribution in [0, 0.1) is 0 Å². The van der Waals surface area contributed by atoms with Crippen molar-refractivity contribution in [3.63, 3.8) is 0 Å². The number of fused-ring (bicyclic) bond motifs is 1. The second kappa shape index (κ2) is 9.60. The van der Waals surface area contributed by atoms with Crippen molar-refractivity contribution >= 4 is 17.5 Å². The van der Waals surface area contributed by atoms with Gasteiger partial charge in [0.05, 0.1) is 0 Å². The highest BCUT2D eigenvalue weighted by Crippen LogP contribution is 2.40. The summed E-state index contributed by atoms with van der Waals surface area (Å²) in [5.41, 5.74) is 1.64. The molecule has 3 aromatic rings. The molecular weight excluding hydrogens is 458 g/mol. The number of carbonyl (C=O) groups is 1. The van der Waals surface area contributed by atoms with Crippen LogP contribution in [0.1, 0.15) is 37.8 Å². The van der Waals surface area contributed by atoms with Gasteiger partial charge in [-0.25, -0.2) is 0 Å². The summed E-state index contributed by atoms with van der Waals surface area (Å²) in [6.07, 6.45) is 2.13. The molecule has 1 saturated heterocycles. The molecule has 178 valence electrons. The fourth-order valence-corrected chi connectivity index (χ4v) is 4.58. The van der Waals surface area contributed by atoms with Crippen LogP contribution in [0.5, 0.6) is 11.5 Å². The number of nitrogens with zero attached hydrogens (tertiary/aromatic N) is 4. The molecule has 2 aliphatic rings. The maximum absolute atomic E-state index is 13.2. The first-order chi connectivity index (χ1) is 16.6. The van der Waals surface area contributed by atoms with Gasteiger partial charge >= 0.3 is 0 Å². The van der Waals surface area contributed by atoms with Gasteiger partial charge in [0.1, 0.15) is 0 Å². The van der Waals surface area contributed by atoms with Crippen LogP contribution >= 0.6 is 11.6 Å². The molecule has 1 aromatic heterocycles. The lowest BCUT2D eigenvalue weighted by Crippen LogP contribution is -2.46. The molecule has 5 rings (SSSR count). The molecule has 1 N–H and O–H groups in total. The van der Waals surface area contributed by atoms with E-state index in [1.165, 1.54) is 4.80 Å². The van der Waals surface area contributed by atoms with Crippen LogP contribution in [0.15, 0.2) is 42.5 Å². The first kappa shape index (κ1) is 22.6. The fourth-order valence-electron chi connectivity index (χ4n) is 4.46. The number of aromatic nitrogens is 4. The number of amides is 1. The van der Waals surface area contributed by atoms with E-state index in [0.29, 0.717) is 37.0 Å². The zero-order valence-corrected chi connectivity index (χ0v) is 19.6. The molecule has 1 amide bonds. The first-order valence-corrected chi connectivity index (χ1v) is 11.8. The van der Waals surface area contributed by atoms with E-state index in [-0.39, 0.29) is 18.1 Å². The van der Waals surface area contributed by atoms with Gasteiger partial charge in [-0.3, -0.25) is 4.79 Å². The van der Waals surface area contributed by atoms with E-state index < -0.39 is 6.04 Å². The topological polar surface area (TPSA) is 100 Å². The van der Waals surface area contributed by atoms with Crippen molar-refractivity contribution in [3.05, 3.63) is 53.1 Å². The molecule has 3 heterocycles. The third-order valence-corrected chi connectivity index (χ3v) is 6.79. The molecule has 9 nitrogen and oxygen atoms in total. The lowest BCUT2D eigenvalue weighted by molar-refractivity contribution is -0.125. The molecule has 0 saturated carbocycles. The Balaban J connectivity index is 1.32. The van der Waals surface area contributed by atoms with Crippen LogP contribution in [0.4, 0.5) is 0 Å². The summed E-state index contributed by atoms with van der Waals surface area (Å²) in [6, 6.07) is 12.6. The Labute approximate surface area is 202 Å². The smallest absolute Gasteiger partial charge is 0.246 e. The highest BCUT2D eigenvalue weighted by Gasteiger charge is 2.37. The largest absolute Gasteiger partial charge is 0.454 e. The third-order valence-electron chi connectivity index (χ3n) is 6.53. The van der Waals surface area contributed by atoms with Crippen molar-refractivity contribution in [2.45, 2.75) is 37.6 Å². The molecule has 0 aliphatic carbocycles. The second-order valence-electron chi connectivity index (χ2n) is 8.54. The summed E-state index contributed by atoms with van der Waals surface area (Å²) in [4.78, 5) is 14.6. The summed E-state index contributed by atoms with van der Waals surface area (Å²) in [5.74, 6) is 1.79. The number of nitrogens with one attached hydrogen (secondary N) is 1. The fraction of sp³-hybridized carbons (Fsp3) is 0.417. The number of rotatable bonds is 7. The Morgan fingerprint density at radius 3 is 2.68 bits per heavy atom. The van der Waals surface area contributed by atoms with Gasteiger partial charge in [0.15, 0.2) is 17.5 Å². The summed E-state index contributed by atoms with van der Waals surface area (Å²) in [7, 11) is 0. The number of halogens is 1. The number of tetrazole rings is 1. The summed E-state index contributed by atoms with van der Waals surface area (Å²) in [5, 5.41) is 16.5. The van der Waals surface area contributed by atoms with Crippen molar-refractivity contribution in [1.29, 1.82) is 0 Å². The highest BCUT2D eigenvalue weighted by atomic mass is 35.5. The maximum atomic E-state index is 13.2. The summed E-state index contributed by atoms with van der Waals surface area (Å²) >= 11 is 5.97. The van der Waals surface area contributed by atoms with E-state index in [2.05, 4.69) is 26.8 Å². The predicted octanol–water partition coefficient (Wildman–Crippen LogP) is 3.54. The highest BCUT2D eigenvalue weighted by molar-refractivity contribution is 6.30. The molecule has 1 fully saturated rings. The van der Waals surface area contributed by atoms with Crippen LogP contribution in [-0.2, 0) is 14.9 Å². The van der Waals surface area contributed by atoms with Crippen LogP contribution in [0.3, 0.4) is 0 Å². The number of benzene rings is 2. The number of hydrogen-bond donors (Lipinski definition) is 1. The van der Waals surface area contributed by atoms with Crippen molar-refractivity contribution < 1.29 is 19.0 Å². The molecule has 2 aromatic carbocycles. The Kier molecular flexibility index (Phi) is 6.38. The lowest BCUT2D eigenvalue weighted by Gasteiger charge is -2.38. The van der Waals surface area contributed by atoms with E-state index in [0.717, 1.165) is 35.5 Å². The van der Waals surface area contributed by atoms with Crippen LogP contribution < -0.4 is 14.8 Å². The minimum absolute atomic E-state index is 0.144. The number of hydrogen-bond acceptors (Lipinski definition) is 7. The molecule has 1 unspecified atom stereocenters. The van der Waals surface area contributed by atoms with E-state index in [4.69, 9.17) is 25.8 Å².